The van der Waals surface area contributed by atoms with Crippen molar-refractivity contribution < 1.29 is 4.74 Å². The number of hydrogen-bond donors (Lipinski definition) is 1. The SMILES string of the molecule is Cc1ccc(CNCc2ccc(OC(C)C)cc2)cn1. The van der Waals surface area contributed by atoms with E-state index in [0.717, 1.165) is 24.5 Å². The van der Waals surface area contributed by atoms with Gasteiger partial charge in [-0.05, 0) is 50.1 Å². The maximum Gasteiger partial charge on any atom is 0.119 e. The van der Waals surface area contributed by atoms with E-state index in [1.165, 1.54) is 11.1 Å². The molecule has 2 rings (SSSR count). The van der Waals surface area contributed by atoms with Crippen LogP contribution < -0.4 is 10.1 Å². The number of pyridine rings is 1. The lowest BCUT2D eigenvalue weighted by molar-refractivity contribution is 0.242. The molecule has 1 aromatic carbocycles. The Morgan fingerprint density at radius 2 is 1.65 bits per heavy atom. The Bertz CT molecular complexity index is 518. The molecule has 2 aromatic rings. The highest BCUT2D eigenvalue weighted by molar-refractivity contribution is 5.27. The van der Waals surface area contributed by atoms with Crippen LogP contribution in [-0.4, -0.2) is 11.1 Å². The minimum absolute atomic E-state index is 0.216. The molecule has 0 fully saturated rings. The molecular weight excluding hydrogens is 248 g/mol. The molecule has 0 unspecified atom stereocenters. The normalized spacial score (nSPS) is 10.8. The number of benzene rings is 1. The van der Waals surface area contributed by atoms with Crippen LogP contribution in [0.3, 0.4) is 0 Å². The number of ether oxygens (including phenoxy) is 1. The molecule has 0 aliphatic carbocycles. The van der Waals surface area contributed by atoms with Gasteiger partial charge in [-0.25, -0.2) is 0 Å². The predicted molar refractivity (Wildman–Crippen MR) is 81.7 cm³/mol. The van der Waals surface area contributed by atoms with Crippen LogP contribution in [0.15, 0.2) is 42.6 Å². The van der Waals surface area contributed by atoms with Crippen LogP contribution >= 0.6 is 0 Å². The summed E-state index contributed by atoms with van der Waals surface area (Å²) in [4.78, 5) is 4.29. The lowest BCUT2D eigenvalue weighted by Gasteiger charge is -2.10. The standard InChI is InChI=1S/C17H22N2O/c1-13(2)20-17-8-6-15(7-9-17)10-18-11-16-5-4-14(3)19-12-16/h4-9,12-13,18H,10-11H2,1-3H3. The van der Waals surface area contributed by atoms with Gasteiger partial charge in [-0.15, -0.1) is 0 Å². The molecule has 106 valence electrons. The zero-order valence-corrected chi connectivity index (χ0v) is 12.4. The summed E-state index contributed by atoms with van der Waals surface area (Å²) in [6, 6.07) is 12.4. The summed E-state index contributed by atoms with van der Waals surface area (Å²) >= 11 is 0. The van der Waals surface area contributed by atoms with Gasteiger partial charge in [0.25, 0.3) is 0 Å². The first kappa shape index (κ1) is 14.5. The molecule has 0 saturated heterocycles. The minimum atomic E-state index is 0.216. The van der Waals surface area contributed by atoms with Crippen molar-refractivity contribution >= 4 is 0 Å². The maximum atomic E-state index is 5.63. The summed E-state index contributed by atoms with van der Waals surface area (Å²) in [5, 5.41) is 3.42. The third-order valence-electron chi connectivity index (χ3n) is 2.93. The Balaban J connectivity index is 1.80. The second kappa shape index (κ2) is 7.06. The summed E-state index contributed by atoms with van der Waals surface area (Å²) in [6.45, 7) is 7.74. The molecule has 0 spiro atoms. The molecule has 0 saturated carbocycles. The van der Waals surface area contributed by atoms with Gasteiger partial charge in [0.2, 0.25) is 0 Å². The number of hydrogen-bond acceptors (Lipinski definition) is 3. The molecule has 1 aromatic heterocycles. The van der Waals surface area contributed by atoms with Crippen molar-refractivity contribution in [3.8, 4) is 5.75 Å². The second-order valence-electron chi connectivity index (χ2n) is 5.22. The topological polar surface area (TPSA) is 34.1 Å². The lowest BCUT2D eigenvalue weighted by Crippen LogP contribution is -2.13. The number of nitrogens with one attached hydrogen (secondary N) is 1. The van der Waals surface area contributed by atoms with E-state index in [-0.39, 0.29) is 6.10 Å². The predicted octanol–water partition coefficient (Wildman–Crippen LogP) is 3.47. The molecule has 0 aliphatic heterocycles. The molecule has 0 atom stereocenters. The first-order valence-electron chi connectivity index (χ1n) is 7.01. The Hall–Kier alpha value is -1.87. The third kappa shape index (κ3) is 4.67. The fraction of sp³-hybridized carbons (Fsp3) is 0.353. The summed E-state index contributed by atoms with van der Waals surface area (Å²) < 4.78 is 5.63. The van der Waals surface area contributed by atoms with Gasteiger partial charge in [0.1, 0.15) is 5.75 Å². The van der Waals surface area contributed by atoms with Crippen molar-refractivity contribution in [3.05, 3.63) is 59.4 Å². The molecule has 0 radical (unpaired) electrons. The average Bonchev–Trinajstić information content (AvgIpc) is 2.42. The van der Waals surface area contributed by atoms with Crippen molar-refractivity contribution in [2.24, 2.45) is 0 Å². The Kier molecular flexibility index (Phi) is 5.13. The van der Waals surface area contributed by atoms with Crippen molar-refractivity contribution in [2.75, 3.05) is 0 Å². The van der Waals surface area contributed by atoms with E-state index in [1.807, 2.05) is 45.2 Å². The van der Waals surface area contributed by atoms with Crippen LogP contribution in [0, 0.1) is 6.92 Å². The highest BCUT2D eigenvalue weighted by Gasteiger charge is 1.98. The lowest BCUT2D eigenvalue weighted by atomic mass is 10.2. The largest absolute Gasteiger partial charge is 0.491 e. The van der Waals surface area contributed by atoms with Crippen LogP contribution in [0.1, 0.15) is 30.7 Å². The molecule has 0 amide bonds. The monoisotopic (exact) mass is 270 g/mol. The Morgan fingerprint density at radius 1 is 1.00 bits per heavy atom. The Labute approximate surface area is 121 Å². The van der Waals surface area contributed by atoms with E-state index in [1.54, 1.807) is 0 Å². The van der Waals surface area contributed by atoms with Crippen molar-refractivity contribution in [3.63, 3.8) is 0 Å². The quantitative estimate of drug-likeness (QED) is 0.872. The van der Waals surface area contributed by atoms with Crippen LogP contribution in [0.2, 0.25) is 0 Å². The molecule has 20 heavy (non-hydrogen) atoms. The van der Waals surface area contributed by atoms with E-state index >= 15 is 0 Å². The first-order chi connectivity index (χ1) is 9.63. The summed E-state index contributed by atoms with van der Waals surface area (Å²) in [5.74, 6) is 0.923. The van der Waals surface area contributed by atoms with E-state index in [4.69, 9.17) is 4.74 Å². The van der Waals surface area contributed by atoms with Crippen LogP contribution in [0.5, 0.6) is 5.75 Å². The number of nitrogens with zero attached hydrogens (tertiary/aromatic N) is 1. The summed E-state index contributed by atoms with van der Waals surface area (Å²) in [5.41, 5.74) is 3.51. The molecule has 1 N–H and O–H groups in total. The van der Waals surface area contributed by atoms with Crippen LogP contribution in [0.4, 0.5) is 0 Å². The smallest absolute Gasteiger partial charge is 0.119 e. The zero-order valence-electron chi connectivity index (χ0n) is 12.4. The highest BCUT2D eigenvalue weighted by atomic mass is 16.5. The average molecular weight is 270 g/mol. The number of aryl methyl sites for hydroxylation is 1. The van der Waals surface area contributed by atoms with Gasteiger partial charge in [-0.2, -0.15) is 0 Å². The fourth-order valence-electron chi connectivity index (χ4n) is 1.91. The zero-order chi connectivity index (χ0) is 14.4. The summed E-state index contributed by atoms with van der Waals surface area (Å²) in [6.07, 6.45) is 2.13. The van der Waals surface area contributed by atoms with Crippen molar-refractivity contribution in [1.29, 1.82) is 0 Å². The summed E-state index contributed by atoms with van der Waals surface area (Å²) in [7, 11) is 0. The minimum Gasteiger partial charge on any atom is -0.491 e. The van der Waals surface area contributed by atoms with E-state index in [2.05, 4.69) is 28.5 Å². The fourth-order valence-corrected chi connectivity index (χ4v) is 1.91. The van der Waals surface area contributed by atoms with Gasteiger partial charge in [0.15, 0.2) is 0 Å². The number of rotatable bonds is 6. The molecule has 1 heterocycles. The van der Waals surface area contributed by atoms with E-state index in [9.17, 15) is 0 Å². The highest BCUT2D eigenvalue weighted by Crippen LogP contribution is 2.13. The van der Waals surface area contributed by atoms with E-state index < -0.39 is 0 Å². The second-order valence-corrected chi connectivity index (χ2v) is 5.22. The van der Waals surface area contributed by atoms with Crippen LogP contribution in [-0.2, 0) is 13.1 Å². The first-order valence-corrected chi connectivity index (χ1v) is 7.01. The van der Waals surface area contributed by atoms with Gasteiger partial charge in [-0.1, -0.05) is 18.2 Å². The van der Waals surface area contributed by atoms with Gasteiger partial charge >= 0.3 is 0 Å². The molecule has 0 bridgehead atoms. The Morgan fingerprint density at radius 3 is 2.25 bits per heavy atom. The van der Waals surface area contributed by atoms with Crippen molar-refractivity contribution in [2.45, 2.75) is 40.0 Å². The van der Waals surface area contributed by atoms with Gasteiger partial charge in [0.05, 0.1) is 6.10 Å². The maximum absolute atomic E-state index is 5.63. The van der Waals surface area contributed by atoms with Gasteiger partial charge in [-0.3, -0.25) is 4.98 Å². The number of aromatic nitrogens is 1. The van der Waals surface area contributed by atoms with Gasteiger partial charge in [0, 0.05) is 25.0 Å². The molecular formula is C17H22N2O. The van der Waals surface area contributed by atoms with E-state index in [0.29, 0.717) is 0 Å². The van der Waals surface area contributed by atoms with Crippen molar-refractivity contribution in [1.82, 2.24) is 10.3 Å². The third-order valence-corrected chi connectivity index (χ3v) is 2.93. The van der Waals surface area contributed by atoms with Crippen LogP contribution in [0.25, 0.3) is 0 Å². The molecule has 3 nitrogen and oxygen atoms in total. The van der Waals surface area contributed by atoms with Gasteiger partial charge < -0.3 is 10.1 Å². The molecule has 3 heteroatoms. The molecule has 0 aliphatic rings.